The fraction of sp³-hybridized carbons (Fsp3) is 0.300. The minimum atomic E-state index is -0.223. The first-order valence-electron chi connectivity index (χ1n) is 13.1. The molecule has 8 heteroatoms. The lowest BCUT2D eigenvalue weighted by Crippen LogP contribution is -2.17. The number of nitrogens with one attached hydrogen (secondary N) is 1. The molecule has 6 rings (SSSR count). The van der Waals surface area contributed by atoms with Gasteiger partial charge in [0.05, 0.1) is 21.9 Å². The molecule has 0 bridgehead atoms. The van der Waals surface area contributed by atoms with Gasteiger partial charge in [-0.2, -0.15) is 5.10 Å². The molecular weight excluding hydrogens is 492 g/mol. The molecule has 5 aromatic rings. The van der Waals surface area contributed by atoms with Crippen molar-refractivity contribution in [3.8, 4) is 5.82 Å². The first kappa shape index (κ1) is 24.4. The maximum atomic E-state index is 13.1. The second-order valence-corrected chi connectivity index (χ2v) is 11.0. The van der Waals surface area contributed by atoms with Crippen LogP contribution >= 0.6 is 11.3 Å². The van der Waals surface area contributed by atoms with Gasteiger partial charge in [0.2, 0.25) is 0 Å². The average Bonchev–Trinajstić information content (AvgIpc) is 3.56. The van der Waals surface area contributed by atoms with Gasteiger partial charge in [-0.25, -0.2) is 14.6 Å². The Hall–Kier alpha value is -3.91. The molecule has 1 aliphatic rings. The van der Waals surface area contributed by atoms with Gasteiger partial charge >= 0.3 is 0 Å². The number of amides is 1. The fourth-order valence-electron chi connectivity index (χ4n) is 5.40. The van der Waals surface area contributed by atoms with Gasteiger partial charge in [-0.05, 0) is 82.2 Å². The molecule has 192 valence electrons. The lowest BCUT2D eigenvalue weighted by atomic mass is 9.80. The van der Waals surface area contributed by atoms with Crippen molar-refractivity contribution in [2.45, 2.75) is 51.9 Å². The Kier molecular flexibility index (Phi) is 6.72. The molecule has 1 amide bonds. The number of anilines is 1. The largest absolute Gasteiger partial charge is 0.317 e. The molecule has 38 heavy (non-hydrogen) atoms. The van der Waals surface area contributed by atoms with Crippen LogP contribution in [0.25, 0.3) is 16.7 Å². The Morgan fingerprint density at radius 1 is 1.03 bits per heavy atom. The zero-order valence-electron chi connectivity index (χ0n) is 21.6. The van der Waals surface area contributed by atoms with Crippen molar-refractivity contribution in [2.24, 2.45) is 5.92 Å². The lowest BCUT2D eigenvalue weighted by Gasteiger charge is -2.27. The maximum Gasteiger partial charge on any atom is 0.275 e. The van der Waals surface area contributed by atoms with Crippen LogP contribution in [0, 0.1) is 19.8 Å². The Morgan fingerprint density at radius 2 is 1.87 bits per heavy atom. The van der Waals surface area contributed by atoms with E-state index < -0.39 is 0 Å². The molecule has 4 aromatic heterocycles. The smallest absolute Gasteiger partial charge is 0.275 e. The molecule has 0 unspecified atom stereocenters. The maximum absolute atomic E-state index is 13.1. The Bertz CT molecular complexity index is 1600. The summed E-state index contributed by atoms with van der Waals surface area (Å²) < 4.78 is 1.75. The first-order chi connectivity index (χ1) is 18.5. The number of carbonyl (C=O) groups excluding carboxylic acids is 1. The Labute approximate surface area is 226 Å². The van der Waals surface area contributed by atoms with Crippen LogP contribution in [0.15, 0.2) is 66.2 Å². The molecule has 1 aromatic carbocycles. The second kappa shape index (κ2) is 10.5. The number of hydrogen-bond donors (Lipinski definition) is 1. The summed E-state index contributed by atoms with van der Waals surface area (Å²) >= 11 is 1.59. The summed E-state index contributed by atoms with van der Waals surface area (Å²) in [6, 6.07) is 18.3. The lowest BCUT2D eigenvalue weighted by molar-refractivity contribution is 0.102. The molecule has 0 spiro atoms. The summed E-state index contributed by atoms with van der Waals surface area (Å²) in [6.07, 6.45) is 7.22. The van der Waals surface area contributed by atoms with Gasteiger partial charge in [-0.15, -0.1) is 11.3 Å². The normalized spacial score (nSPS) is 17.5. The summed E-state index contributed by atoms with van der Waals surface area (Å²) in [7, 11) is 0. The Balaban J connectivity index is 1.08. The van der Waals surface area contributed by atoms with Crippen molar-refractivity contribution in [2.75, 3.05) is 5.32 Å². The molecule has 1 saturated carbocycles. The van der Waals surface area contributed by atoms with Crippen LogP contribution in [0.4, 0.5) is 5.69 Å². The molecule has 4 heterocycles. The molecule has 0 radical (unpaired) electrons. The van der Waals surface area contributed by atoms with Crippen molar-refractivity contribution in [1.82, 2.24) is 24.7 Å². The number of fused-ring (bicyclic) bond motifs is 1. The average molecular weight is 523 g/mol. The van der Waals surface area contributed by atoms with Gasteiger partial charge in [-0.3, -0.25) is 9.78 Å². The number of aromatic nitrogens is 5. The highest BCUT2D eigenvalue weighted by Gasteiger charge is 2.26. The predicted molar refractivity (Wildman–Crippen MR) is 151 cm³/mol. The summed E-state index contributed by atoms with van der Waals surface area (Å²) in [5.74, 6) is 1.42. The zero-order chi connectivity index (χ0) is 26.1. The van der Waals surface area contributed by atoms with Crippen LogP contribution in [-0.4, -0.2) is 30.6 Å². The standard InChI is InChI=1S/C30H30N6OS/c1-19-16-20(2)36(35-19)28-26(8-5-15-31-28)33-29(37)27-18-38-30(34-27)23-11-9-21(10-12-23)17-24-14-13-22-6-3-4-7-25(22)32-24/h3-8,13-16,18,21,23H,9-12,17H2,1-2H3,(H,33,37). The second-order valence-electron chi connectivity index (χ2n) is 10.2. The summed E-state index contributed by atoms with van der Waals surface area (Å²) in [4.78, 5) is 27.2. The van der Waals surface area contributed by atoms with E-state index in [1.165, 1.54) is 11.1 Å². The van der Waals surface area contributed by atoms with Crippen molar-refractivity contribution in [3.05, 3.63) is 94.0 Å². The predicted octanol–water partition coefficient (Wildman–Crippen LogP) is 6.66. The third kappa shape index (κ3) is 5.09. The number of benzene rings is 1. The number of nitrogens with zero attached hydrogens (tertiary/aromatic N) is 5. The van der Waals surface area contributed by atoms with E-state index in [0.29, 0.717) is 29.0 Å². The van der Waals surface area contributed by atoms with Gasteiger partial charge in [0, 0.05) is 34.3 Å². The number of carbonyl (C=O) groups is 1. The van der Waals surface area contributed by atoms with Gasteiger partial charge in [0.25, 0.3) is 5.91 Å². The number of pyridine rings is 2. The number of thiazole rings is 1. The van der Waals surface area contributed by atoms with Crippen LogP contribution < -0.4 is 5.32 Å². The number of hydrogen-bond acceptors (Lipinski definition) is 6. The molecule has 7 nitrogen and oxygen atoms in total. The summed E-state index contributed by atoms with van der Waals surface area (Å²) in [5.41, 5.74) is 5.17. The van der Waals surface area contributed by atoms with Crippen LogP contribution in [0.3, 0.4) is 0 Å². The molecule has 1 aliphatic carbocycles. The molecule has 1 N–H and O–H groups in total. The van der Waals surface area contributed by atoms with E-state index >= 15 is 0 Å². The van der Waals surface area contributed by atoms with Gasteiger partial charge in [0.15, 0.2) is 5.82 Å². The van der Waals surface area contributed by atoms with E-state index in [9.17, 15) is 4.79 Å². The SMILES string of the molecule is Cc1cc(C)n(-c2ncccc2NC(=O)c2csc(C3CCC(Cc4ccc5ccccc5n4)CC3)n2)n1. The number of para-hydroxylation sites is 1. The molecule has 0 aliphatic heterocycles. The van der Waals surface area contributed by atoms with E-state index in [1.807, 2.05) is 43.5 Å². The monoisotopic (exact) mass is 522 g/mol. The molecular formula is C30H30N6OS. The third-order valence-electron chi connectivity index (χ3n) is 7.35. The minimum absolute atomic E-state index is 0.223. The van der Waals surface area contributed by atoms with Crippen LogP contribution in [0.2, 0.25) is 0 Å². The van der Waals surface area contributed by atoms with E-state index in [4.69, 9.17) is 9.97 Å². The van der Waals surface area contributed by atoms with Crippen molar-refractivity contribution in [3.63, 3.8) is 0 Å². The highest BCUT2D eigenvalue weighted by atomic mass is 32.1. The molecule has 0 saturated heterocycles. The van der Waals surface area contributed by atoms with E-state index in [2.05, 4.69) is 45.7 Å². The number of aryl methyl sites for hydroxylation is 2. The van der Waals surface area contributed by atoms with Crippen molar-refractivity contribution >= 4 is 33.8 Å². The van der Waals surface area contributed by atoms with Crippen LogP contribution in [-0.2, 0) is 6.42 Å². The number of rotatable bonds is 6. The highest BCUT2D eigenvalue weighted by molar-refractivity contribution is 7.10. The zero-order valence-corrected chi connectivity index (χ0v) is 22.4. The van der Waals surface area contributed by atoms with Crippen LogP contribution in [0.5, 0.6) is 0 Å². The Morgan fingerprint density at radius 3 is 2.68 bits per heavy atom. The summed E-state index contributed by atoms with van der Waals surface area (Å²) in [6.45, 7) is 3.91. The summed E-state index contributed by atoms with van der Waals surface area (Å²) in [5, 5.41) is 11.6. The van der Waals surface area contributed by atoms with E-state index in [1.54, 1.807) is 22.2 Å². The third-order valence-corrected chi connectivity index (χ3v) is 8.36. The highest BCUT2D eigenvalue weighted by Crippen LogP contribution is 2.38. The minimum Gasteiger partial charge on any atom is -0.317 e. The van der Waals surface area contributed by atoms with Crippen LogP contribution in [0.1, 0.15) is 64.2 Å². The van der Waals surface area contributed by atoms with E-state index in [-0.39, 0.29) is 5.91 Å². The van der Waals surface area contributed by atoms with Crippen molar-refractivity contribution in [1.29, 1.82) is 0 Å². The van der Waals surface area contributed by atoms with E-state index in [0.717, 1.165) is 54.0 Å². The van der Waals surface area contributed by atoms with Gasteiger partial charge in [0.1, 0.15) is 5.69 Å². The first-order valence-corrected chi connectivity index (χ1v) is 14.0. The van der Waals surface area contributed by atoms with Crippen molar-refractivity contribution < 1.29 is 4.79 Å². The quantitative estimate of drug-likeness (QED) is 0.270. The fourth-order valence-corrected chi connectivity index (χ4v) is 6.37. The van der Waals surface area contributed by atoms with Gasteiger partial charge < -0.3 is 5.32 Å². The molecule has 0 atom stereocenters. The van der Waals surface area contributed by atoms with Gasteiger partial charge in [-0.1, -0.05) is 24.3 Å². The molecule has 1 fully saturated rings. The topological polar surface area (TPSA) is 85.6 Å².